The summed E-state index contributed by atoms with van der Waals surface area (Å²) in [6.45, 7) is 9.24. The van der Waals surface area contributed by atoms with Crippen LogP contribution in [-0.2, 0) is 0 Å². The number of carboxylic acids is 2. The van der Waals surface area contributed by atoms with Crippen molar-refractivity contribution in [3.63, 3.8) is 0 Å². The number of unbranched alkanes of at least 4 members (excludes halogenated alkanes) is 6. The first kappa shape index (κ1) is 36.9. The Morgan fingerprint density at radius 1 is 0.575 bits per heavy atom. The lowest BCUT2D eigenvalue weighted by Crippen LogP contribution is -2.05. The van der Waals surface area contributed by atoms with E-state index >= 15 is 0 Å². The van der Waals surface area contributed by atoms with Gasteiger partial charge in [0.15, 0.2) is 0 Å². The van der Waals surface area contributed by atoms with Gasteiger partial charge in [0.05, 0.1) is 24.3 Å². The number of hydrogen-bond donors (Lipinski definition) is 2. The molecule has 0 unspecified atom stereocenters. The van der Waals surface area contributed by atoms with Crippen LogP contribution in [0.25, 0.3) is 0 Å². The molecule has 2 N–H and O–H groups in total. The lowest BCUT2D eigenvalue weighted by atomic mass is 10.1. The van der Waals surface area contributed by atoms with E-state index in [1.165, 1.54) is 30.3 Å². The van der Waals surface area contributed by atoms with Crippen LogP contribution in [-0.4, -0.2) is 45.9 Å². The van der Waals surface area contributed by atoms with Crippen molar-refractivity contribution < 1.29 is 38.9 Å². The van der Waals surface area contributed by atoms with Crippen molar-refractivity contribution in [1.82, 2.24) is 0 Å². The van der Waals surface area contributed by atoms with Crippen molar-refractivity contribution in [3.8, 4) is 11.5 Å². The highest BCUT2D eigenvalue weighted by Crippen LogP contribution is 2.21. The third-order valence-corrected chi connectivity index (χ3v) is 5.73. The Morgan fingerprint density at radius 2 is 0.900 bits per heavy atom. The zero-order chi connectivity index (χ0) is 30.5. The molecule has 0 radical (unpaired) electrons. The molecule has 2 aromatic carbocycles. The van der Waals surface area contributed by atoms with E-state index in [2.05, 4.69) is 13.8 Å². The summed E-state index contributed by atoms with van der Waals surface area (Å²) < 4.78 is 10.9. The number of carboxylic acid groups (broad SMARTS) is 2. The maximum Gasteiger partial charge on any atom is 0.335 e. The molecule has 0 aliphatic rings. The van der Waals surface area contributed by atoms with Gasteiger partial charge in [0.2, 0.25) is 0 Å². The van der Waals surface area contributed by atoms with E-state index in [4.69, 9.17) is 42.9 Å². The first-order valence-corrected chi connectivity index (χ1v) is 14.3. The molecule has 10 heteroatoms. The number of carbonyl (C=O) groups is 4. The van der Waals surface area contributed by atoms with Gasteiger partial charge in [0.1, 0.15) is 11.5 Å². The quantitative estimate of drug-likeness (QED) is 0.145. The summed E-state index contributed by atoms with van der Waals surface area (Å²) in [5, 5.41) is 16.5. The molecule has 0 spiro atoms. The summed E-state index contributed by atoms with van der Waals surface area (Å²) in [5.41, 5.74) is 0.250. The Morgan fingerprint density at radius 3 is 1.20 bits per heavy atom. The van der Waals surface area contributed by atoms with E-state index in [-0.39, 0.29) is 28.0 Å². The number of hydrogen-bond acceptors (Lipinski definition) is 6. The lowest BCUT2D eigenvalue weighted by Gasteiger charge is -2.08. The molecular weight excluding hydrogens is 559 g/mol. The largest absolute Gasteiger partial charge is 0.494 e. The molecule has 0 aliphatic carbocycles. The van der Waals surface area contributed by atoms with Gasteiger partial charge in [-0.2, -0.15) is 0 Å². The van der Waals surface area contributed by atoms with Crippen molar-refractivity contribution in [3.05, 3.63) is 58.7 Å². The summed E-state index contributed by atoms with van der Waals surface area (Å²) in [6, 6.07) is 8.18. The molecule has 0 aliphatic heterocycles. The Hall–Kier alpha value is -3.10. The van der Waals surface area contributed by atoms with Gasteiger partial charge in [-0.05, 0) is 72.4 Å². The summed E-state index contributed by atoms with van der Waals surface area (Å²) >= 11 is 10.8. The minimum atomic E-state index is -1.17. The molecule has 0 bridgehead atoms. The molecule has 0 atom stereocenters. The van der Waals surface area contributed by atoms with Gasteiger partial charge in [-0.25, -0.2) is 9.59 Å². The molecule has 0 heterocycles. The third kappa shape index (κ3) is 15.5. The second kappa shape index (κ2) is 21.7. The van der Waals surface area contributed by atoms with Gasteiger partial charge in [-0.3, -0.25) is 9.59 Å². The van der Waals surface area contributed by atoms with Crippen molar-refractivity contribution in [2.24, 2.45) is 0 Å². The standard InChI is InChI=1S/C14H16Cl2O3.C14H18O5.C2H6/c1-2-3-4-5-6-19-12-8-10(13(15)17)7-11(9-12)14(16)18;1-2-3-4-5-6-19-12-8-10(13(15)16)7-11(9-12)14(17)18;1-2/h7-9H,2-6H2,1H3;7-9H,2-6H2,1H3,(H,15,16)(H,17,18);1-2H3. The van der Waals surface area contributed by atoms with Crippen LogP contribution in [0, 0.1) is 0 Å². The molecule has 222 valence electrons. The highest BCUT2D eigenvalue weighted by molar-refractivity contribution is 6.69. The second-order valence-corrected chi connectivity index (χ2v) is 9.15. The van der Waals surface area contributed by atoms with Gasteiger partial charge in [-0.1, -0.05) is 66.2 Å². The number of carbonyl (C=O) groups excluding carboxylic acids is 2. The molecule has 0 aromatic heterocycles. The predicted octanol–water partition coefficient (Wildman–Crippen LogP) is 8.47. The molecule has 0 fully saturated rings. The first-order chi connectivity index (χ1) is 19.1. The number of aromatic carboxylic acids is 2. The molecule has 2 rings (SSSR count). The second-order valence-electron chi connectivity index (χ2n) is 8.47. The lowest BCUT2D eigenvalue weighted by molar-refractivity contribution is 0.0696. The SMILES string of the molecule is CC.CCCCCCOc1cc(C(=O)Cl)cc(C(=O)Cl)c1.CCCCCCOc1cc(C(=O)O)cc(C(=O)O)c1. The van der Waals surface area contributed by atoms with Crippen molar-refractivity contribution in [2.45, 2.75) is 79.1 Å². The minimum Gasteiger partial charge on any atom is -0.494 e. The van der Waals surface area contributed by atoms with Crippen LogP contribution in [0.3, 0.4) is 0 Å². The highest BCUT2D eigenvalue weighted by Gasteiger charge is 2.12. The van der Waals surface area contributed by atoms with Crippen LogP contribution in [0.2, 0.25) is 0 Å². The molecule has 0 amide bonds. The minimum absolute atomic E-state index is 0.0801. The topological polar surface area (TPSA) is 127 Å². The van der Waals surface area contributed by atoms with E-state index in [0.29, 0.717) is 19.0 Å². The van der Waals surface area contributed by atoms with Crippen LogP contribution in [0.4, 0.5) is 0 Å². The third-order valence-electron chi connectivity index (χ3n) is 5.29. The van der Waals surface area contributed by atoms with Crippen LogP contribution in [0.15, 0.2) is 36.4 Å². The number of benzene rings is 2. The van der Waals surface area contributed by atoms with Crippen LogP contribution in [0.5, 0.6) is 11.5 Å². The van der Waals surface area contributed by atoms with E-state index in [9.17, 15) is 19.2 Å². The van der Waals surface area contributed by atoms with Crippen LogP contribution >= 0.6 is 23.2 Å². The first-order valence-electron chi connectivity index (χ1n) is 13.5. The fourth-order valence-corrected chi connectivity index (χ4v) is 3.49. The summed E-state index contributed by atoms with van der Waals surface area (Å²) in [5.74, 6) is -1.61. The normalized spacial score (nSPS) is 9.85. The van der Waals surface area contributed by atoms with E-state index < -0.39 is 22.4 Å². The summed E-state index contributed by atoms with van der Waals surface area (Å²) in [7, 11) is 0. The Balaban J connectivity index is 0.000000716. The van der Waals surface area contributed by atoms with E-state index in [1.54, 1.807) is 0 Å². The fraction of sp³-hybridized carbons (Fsp3) is 0.467. The molecule has 2 aromatic rings. The average molecular weight is 600 g/mol. The Kier molecular flexibility index (Phi) is 20.0. The zero-order valence-electron chi connectivity index (χ0n) is 23.6. The number of ether oxygens (including phenoxy) is 2. The van der Waals surface area contributed by atoms with Crippen LogP contribution < -0.4 is 9.47 Å². The maximum atomic E-state index is 11.1. The summed E-state index contributed by atoms with van der Waals surface area (Å²) in [4.78, 5) is 44.1. The molecule has 0 saturated heterocycles. The van der Waals surface area contributed by atoms with Crippen LogP contribution in [0.1, 0.15) is 120 Å². The smallest absolute Gasteiger partial charge is 0.335 e. The molecular formula is C30H40Cl2O8. The Bertz CT molecular complexity index is 935. The van der Waals surface area contributed by atoms with Crippen molar-refractivity contribution in [2.75, 3.05) is 13.2 Å². The maximum absolute atomic E-state index is 11.1. The van der Waals surface area contributed by atoms with E-state index in [1.807, 2.05) is 13.8 Å². The van der Waals surface area contributed by atoms with Crippen molar-refractivity contribution >= 4 is 45.6 Å². The molecule has 40 heavy (non-hydrogen) atoms. The number of halogens is 2. The van der Waals surface area contributed by atoms with E-state index in [0.717, 1.165) is 57.4 Å². The monoisotopic (exact) mass is 598 g/mol. The van der Waals surface area contributed by atoms with Gasteiger partial charge in [0, 0.05) is 11.1 Å². The summed E-state index contributed by atoms with van der Waals surface area (Å²) in [6.07, 6.45) is 8.49. The number of rotatable bonds is 16. The molecule has 8 nitrogen and oxygen atoms in total. The fourth-order valence-electron chi connectivity index (χ4n) is 3.28. The predicted molar refractivity (Wildman–Crippen MR) is 158 cm³/mol. The van der Waals surface area contributed by atoms with Gasteiger partial charge in [0.25, 0.3) is 10.5 Å². The van der Waals surface area contributed by atoms with Gasteiger partial charge < -0.3 is 19.7 Å². The average Bonchev–Trinajstić information content (AvgIpc) is 2.93. The highest BCUT2D eigenvalue weighted by atomic mass is 35.5. The zero-order valence-corrected chi connectivity index (χ0v) is 25.1. The van der Waals surface area contributed by atoms with Gasteiger partial charge in [-0.15, -0.1) is 0 Å². The van der Waals surface area contributed by atoms with Gasteiger partial charge >= 0.3 is 11.9 Å². The Labute approximate surface area is 246 Å². The molecule has 0 saturated carbocycles. The van der Waals surface area contributed by atoms with Crippen molar-refractivity contribution in [1.29, 1.82) is 0 Å².